The second-order valence-corrected chi connectivity index (χ2v) is 9.58. The molecule has 0 radical (unpaired) electrons. The van der Waals surface area contributed by atoms with E-state index in [9.17, 15) is 10.2 Å². The van der Waals surface area contributed by atoms with Gasteiger partial charge in [0, 0.05) is 16.8 Å². The van der Waals surface area contributed by atoms with Gasteiger partial charge in [0.05, 0.1) is 26.5 Å². The highest BCUT2D eigenvalue weighted by Crippen LogP contribution is 2.37. The predicted octanol–water partition coefficient (Wildman–Crippen LogP) is 8.02. The number of benzene rings is 4. The lowest BCUT2D eigenvalue weighted by Crippen LogP contribution is -1.93. The van der Waals surface area contributed by atoms with Gasteiger partial charge in [-0.2, -0.15) is 0 Å². The summed E-state index contributed by atoms with van der Waals surface area (Å²) >= 11 is 14.1. The highest BCUT2D eigenvalue weighted by atomic mass is 35.5. The van der Waals surface area contributed by atoms with Crippen molar-refractivity contribution in [1.82, 2.24) is 4.98 Å². The zero-order valence-corrected chi connectivity index (χ0v) is 20.1. The van der Waals surface area contributed by atoms with Crippen LogP contribution in [0.3, 0.4) is 0 Å². The number of phenolic OH excluding ortho intramolecular Hbond substituents is 2. The van der Waals surface area contributed by atoms with E-state index in [4.69, 9.17) is 23.2 Å². The molecule has 4 aromatic carbocycles. The van der Waals surface area contributed by atoms with Gasteiger partial charge in [-0.15, -0.1) is 11.3 Å². The lowest BCUT2D eigenvalue weighted by Gasteiger charge is -2.09. The molecule has 0 fully saturated rings. The summed E-state index contributed by atoms with van der Waals surface area (Å²) in [4.78, 5) is 9.15. The first kappa shape index (κ1) is 22.4. The van der Waals surface area contributed by atoms with Gasteiger partial charge in [0.15, 0.2) is 0 Å². The Morgan fingerprint density at radius 3 is 2.50 bits per heavy atom. The van der Waals surface area contributed by atoms with Crippen molar-refractivity contribution < 1.29 is 10.2 Å². The molecule has 4 nitrogen and oxygen atoms in total. The van der Waals surface area contributed by atoms with Crippen LogP contribution in [0.4, 0.5) is 5.69 Å². The van der Waals surface area contributed by atoms with Crippen molar-refractivity contribution in [3.63, 3.8) is 0 Å². The Balaban J connectivity index is 1.46. The number of aliphatic imine (C=N–C) groups is 1. The van der Waals surface area contributed by atoms with Crippen LogP contribution < -0.4 is 0 Å². The summed E-state index contributed by atoms with van der Waals surface area (Å²) in [5.41, 5.74) is 4.45. The van der Waals surface area contributed by atoms with Crippen LogP contribution in [0.1, 0.15) is 16.7 Å². The number of rotatable bonds is 5. The predicted molar refractivity (Wildman–Crippen MR) is 141 cm³/mol. The van der Waals surface area contributed by atoms with Crippen LogP contribution in [0.15, 0.2) is 83.9 Å². The third kappa shape index (κ3) is 4.64. The summed E-state index contributed by atoms with van der Waals surface area (Å²) in [6, 6.07) is 24.1. The molecule has 0 bridgehead atoms. The molecule has 168 valence electrons. The molecule has 0 aliphatic rings. The minimum atomic E-state index is -0.0431. The molecular weight excluding hydrogens is 487 g/mol. The van der Waals surface area contributed by atoms with Gasteiger partial charge < -0.3 is 10.2 Å². The van der Waals surface area contributed by atoms with Gasteiger partial charge in [0.2, 0.25) is 0 Å². The molecule has 2 N–H and O–H groups in total. The molecule has 7 heteroatoms. The van der Waals surface area contributed by atoms with Crippen molar-refractivity contribution in [2.24, 2.45) is 4.99 Å². The fourth-order valence-electron chi connectivity index (χ4n) is 3.65. The second kappa shape index (κ2) is 9.47. The molecule has 1 heterocycles. The average Bonchev–Trinajstić information content (AvgIpc) is 3.27. The molecule has 0 unspecified atom stereocenters. The van der Waals surface area contributed by atoms with Gasteiger partial charge in [-0.25, -0.2) is 4.98 Å². The molecule has 0 saturated carbocycles. The van der Waals surface area contributed by atoms with E-state index >= 15 is 0 Å². The third-order valence-electron chi connectivity index (χ3n) is 5.36. The van der Waals surface area contributed by atoms with Crippen molar-refractivity contribution in [3.8, 4) is 22.1 Å². The first-order valence-corrected chi connectivity index (χ1v) is 12.0. The third-order valence-corrected chi connectivity index (χ3v) is 7.09. The van der Waals surface area contributed by atoms with E-state index in [1.54, 1.807) is 30.5 Å². The summed E-state index contributed by atoms with van der Waals surface area (Å²) < 4.78 is 1.04. The van der Waals surface area contributed by atoms with Gasteiger partial charge in [0.1, 0.15) is 16.5 Å². The number of hydrogen-bond acceptors (Lipinski definition) is 5. The zero-order chi connectivity index (χ0) is 23.7. The number of fused-ring (bicyclic) bond motifs is 1. The Kier molecular flexibility index (Phi) is 6.24. The van der Waals surface area contributed by atoms with Gasteiger partial charge in [-0.1, -0.05) is 53.5 Å². The van der Waals surface area contributed by atoms with Crippen molar-refractivity contribution in [2.75, 3.05) is 0 Å². The monoisotopic (exact) mass is 504 g/mol. The maximum absolute atomic E-state index is 10.5. The molecule has 0 spiro atoms. The number of para-hydroxylation sites is 1. The lowest BCUT2D eigenvalue weighted by atomic mass is 10.0. The molecule has 0 aliphatic heterocycles. The molecule has 0 saturated heterocycles. The lowest BCUT2D eigenvalue weighted by molar-refractivity contribution is 0.474. The molecule has 5 aromatic rings. The number of phenols is 2. The van der Waals surface area contributed by atoms with Crippen LogP contribution in [-0.4, -0.2) is 21.4 Å². The van der Waals surface area contributed by atoms with E-state index in [2.05, 4.69) is 9.98 Å². The van der Waals surface area contributed by atoms with E-state index in [-0.39, 0.29) is 16.5 Å². The zero-order valence-electron chi connectivity index (χ0n) is 17.7. The Bertz CT molecular complexity index is 1510. The molecule has 1 aromatic heterocycles. The van der Waals surface area contributed by atoms with E-state index in [1.807, 2.05) is 54.6 Å². The Labute approximate surface area is 210 Å². The van der Waals surface area contributed by atoms with Crippen molar-refractivity contribution >= 4 is 56.7 Å². The Hall–Kier alpha value is -3.38. The number of hydrogen-bond donors (Lipinski definition) is 2. The minimum absolute atomic E-state index is 0.0431. The topological polar surface area (TPSA) is 65.7 Å². The van der Waals surface area contributed by atoms with Crippen LogP contribution in [0, 0.1) is 0 Å². The highest BCUT2D eigenvalue weighted by molar-refractivity contribution is 7.21. The second-order valence-electron chi connectivity index (χ2n) is 7.73. The molecule has 0 atom stereocenters. The van der Waals surface area contributed by atoms with Crippen molar-refractivity contribution in [2.45, 2.75) is 6.42 Å². The van der Waals surface area contributed by atoms with Gasteiger partial charge in [-0.05, 0) is 66.1 Å². The average molecular weight is 505 g/mol. The molecule has 5 rings (SSSR count). The number of aromatic nitrogens is 1. The fraction of sp³-hybridized carbons (Fsp3) is 0.0370. The number of thiazole rings is 1. The maximum Gasteiger partial charge on any atom is 0.142 e. The maximum atomic E-state index is 10.5. The van der Waals surface area contributed by atoms with Gasteiger partial charge in [0.25, 0.3) is 0 Å². The SMILES string of the molecule is Oc1ccc(N=Cc2cc(Cc3ccccc3Cl)cc(Cl)c2O)cc1-c1nc2ccccc2s1. The van der Waals surface area contributed by atoms with E-state index in [0.717, 1.165) is 21.3 Å². The normalized spacial score (nSPS) is 11.5. The Morgan fingerprint density at radius 2 is 1.68 bits per heavy atom. The van der Waals surface area contributed by atoms with Crippen LogP contribution in [-0.2, 0) is 6.42 Å². The van der Waals surface area contributed by atoms with Crippen molar-refractivity contribution in [1.29, 1.82) is 0 Å². The van der Waals surface area contributed by atoms with Crippen LogP contribution in [0.2, 0.25) is 10.0 Å². The molecular formula is C27H18Cl2N2O2S. The van der Waals surface area contributed by atoms with Crippen LogP contribution >= 0.6 is 34.5 Å². The largest absolute Gasteiger partial charge is 0.507 e. The quantitative estimate of drug-likeness (QED) is 0.238. The fourth-order valence-corrected chi connectivity index (χ4v) is 5.09. The molecule has 34 heavy (non-hydrogen) atoms. The first-order chi connectivity index (χ1) is 16.5. The molecule has 0 amide bonds. The number of aromatic hydroxyl groups is 2. The number of halogens is 2. The van der Waals surface area contributed by atoms with Crippen molar-refractivity contribution in [3.05, 3.63) is 106 Å². The van der Waals surface area contributed by atoms with E-state index < -0.39 is 0 Å². The smallest absolute Gasteiger partial charge is 0.142 e. The van der Waals surface area contributed by atoms with E-state index in [0.29, 0.717) is 33.3 Å². The Morgan fingerprint density at radius 1 is 0.882 bits per heavy atom. The standard InChI is InChI=1S/C27H18Cl2N2O2S/c28-21-6-2-1-5-17(21)11-16-12-18(26(33)22(29)13-16)15-30-19-9-10-24(32)20(14-19)27-31-23-7-3-4-8-25(23)34-27/h1-10,12-15,32-33H,11H2. The van der Waals surface area contributed by atoms with Crippen LogP contribution in [0.25, 0.3) is 20.8 Å². The number of nitrogens with zero attached hydrogens (tertiary/aromatic N) is 2. The summed E-state index contributed by atoms with van der Waals surface area (Å²) in [7, 11) is 0. The summed E-state index contributed by atoms with van der Waals surface area (Å²) in [6.07, 6.45) is 2.13. The summed E-state index contributed by atoms with van der Waals surface area (Å²) in [6.45, 7) is 0. The van der Waals surface area contributed by atoms with Gasteiger partial charge in [-0.3, -0.25) is 4.99 Å². The first-order valence-electron chi connectivity index (χ1n) is 10.5. The van der Waals surface area contributed by atoms with Gasteiger partial charge >= 0.3 is 0 Å². The van der Waals surface area contributed by atoms with Crippen LogP contribution in [0.5, 0.6) is 11.5 Å². The summed E-state index contributed by atoms with van der Waals surface area (Å²) in [5.74, 6) is 0.0872. The molecule has 0 aliphatic carbocycles. The minimum Gasteiger partial charge on any atom is -0.507 e. The highest BCUT2D eigenvalue weighted by Gasteiger charge is 2.12. The van der Waals surface area contributed by atoms with E-state index in [1.165, 1.54) is 11.3 Å². The summed E-state index contributed by atoms with van der Waals surface area (Å²) in [5, 5.41) is 22.5.